The minimum Gasteiger partial charge on any atom is -0.309 e. The lowest BCUT2D eigenvalue weighted by atomic mass is 9.89. The first-order valence-corrected chi connectivity index (χ1v) is 4.35. The number of hydrogen-bond acceptors (Lipinski definition) is 2. The van der Waals surface area contributed by atoms with Crippen molar-refractivity contribution >= 4 is 0 Å². The van der Waals surface area contributed by atoms with Gasteiger partial charge in [-0.05, 0) is 30.7 Å². The number of hydrogen-bond donors (Lipinski definition) is 1. The third-order valence-electron chi connectivity index (χ3n) is 2.50. The van der Waals surface area contributed by atoms with Crippen LogP contribution in [-0.2, 0) is 6.42 Å². The molecule has 3 heteroatoms. The standard InChI is InChI=1S/C9H12N2O/c1-6-3-2-4-7-5-10-9(12)11-8(6)7/h5-6H,2-4H2,1H3,(H,10,11,12). The van der Waals surface area contributed by atoms with Gasteiger partial charge in [0.15, 0.2) is 0 Å². The molecule has 1 N–H and O–H groups in total. The van der Waals surface area contributed by atoms with Crippen molar-refractivity contribution in [3.8, 4) is 0 Å². The molecule has 0 aromatic carbocycles. The van der Waals surface area contributed by atoms with Crippen LogP contribution in [0.5, 0.6) is 0 Å². The molecule has 1 aliphatic rings. The van der Waals surface area contributed by atoms with Gasteiger partial charge in [0.25, 0.3) is 0 Å². The maximum Gasteiger partial charge on any atom is 0.345 e. The summed E-state index contributed by atoms with van der Waals surface area (Å²) in [4.78, 5) is 17.4. The van der Waals surface area contributed by atoms with Gasteiger partial charge in [-0.1, -0.05) is 6.92 Å². The van der Waals surface area contributed by atoms with E-state index in [1.807, 2.05) is 0 Å². The molecule has 0 saturated heterocycles. The average Bonchev–Trinajstić information content (AvgIpc) is 2.07. The van der Waals surface area contributed by atoms with Crippen LogP contribution in [-0.4, -0.2) is 9.97 Å². The quantitative estimate of drug-likeness (QED) is 0.626. The van der Waals surface area contributed by atoms with E-state index < -0.39 is 0 Å². The van der Waals surface area contributed by atoms with Crippen molar-refractivity contribution < 1.29 is 0 Å². The zero-order valence-electron chi connectivity index (χ0n) is 7.13. The van der Waals surface area contributed by atoms with Crippen molar-refractivity contribution in [2.24, 2.45) is 0 Å². The third kappa shape index (κ3) is 1.15. The van der Waals surface area contributed by atoms with E-state index in [0.717, 1.165) is 12.1 Å². The first-order chi connectivity index (χ1) is 5.77. The van der Waals surface area contributed by atoms with Crippen LogP contribution in [0.3, 0.4) is 0 Å². The fraction of sp³-hybridized carbons (Fsp3) is 0.556. The first-order valence-electron chi connectivity index (χ1n) is 4.35. The molecule has 0 aliphatic heterocycles. The van der Waals surface area contributed by atoms with E-state index in [2.05, 4.69) is 16.9 Å². The Labute approximate surface area is 70.9 Å². The van der Waals surface area contributed by atoms with Crippen molar-refractivity contribution in [1.82, 2.24) is 9.97 Å². The smallest absolute Gasteiger partial charge is 0.309 e. The second-order valence-electron chi connectivity index (χ2n) is 3.42. The number of aryl methyl sites for hydroxylation is 1. The Kier molecular flexibility index (Phi) is 1.71. The Morgan fingerprint density at radius 1 is 1.67 bits per heavy atom. The highest BCUT2D eigenvalue weighted by Gasteiger charge is 2.16. The predicted molar refractivity (Wildman–Crippen MR) is 46.2 cm³/mol. The highest BCUT2D eigenvalue weighted by atomic mass is 16.1. The summed E-state index contributed by atoms with van der Waals surface area (Å²) < 4.78 is 0. The number of nitrogens with zero attached hydrogens (tertiary/aromatic N) is 1. The number of rotatable bonds is 0. The van der Waals surface area contributed by atoms with Gasteiger partial charge in [0.2, 0.25) is 0 Å². The highest BCUT2D eigenvalue weighted by molar-refractivity contribution is 5.22. The van der Waals surface area contributed by atoms with E-state index in [1.165, 1.54) is 18.4 Å². The summed E-state index contributed by atoms with van der Waals surface area (Å²) >= 11 is 0. The molecule has 0 saturated carbocycles. The first kappa shape index (κ1) is 7.53. The maximum atomic E-state index is 10.9. The van der Waals surface area contributed by atoms with Gasteiger partial charge in [-0.3, -0.25) is 0 Å². The average molecular weight is 164 g/mol. The number of nitrogens with one attached hydrogen (secondary N) is 1. The SMILES string of the molecule is CC1CCCc2cnc(=O)[nH]c21. The summed E-state index contributed by atoms with van der Waals surface area (Å²) in [5, 5.41) is 0. The lowest BCUT2D eigenvalue weighted by Crippen LogP contribution is -2.19. The molecule has 3 nitrogen and oxygen atoms in total. The monoisotopic (exact) mass is 164 g/mol. The normalized spacial score (nSPS) is 21.9. The van der Waals surface area contributed by atoms with Crippen LogP contribution in [0.1, 0.15) is 36.9 Å². The topological polar surface area (TPSA) is 45.8 Å². The van der Waals surface area contributed by atoms with E-state index in [0.29, 0.717) is 5.92 Å². The Morgan fingerprint density at radius 2 is 2.50 bits per heavy atom. The maximum absolute atomic E-state index is 10.9. The zero-order chi connectivity index (χ0) is 8.55. The molecule has 1 aromatic rings. The summed E-state index contributed by atoms with van der Waals surface area (Å²) in [6.07, 6.45) is 5.15. The van der Waals surface area contributed by atoms with Crippen molar-refractivity contribution in [3.05, 3.63) is 27.9 Å². The number of fused-ring (bicyclic) bond motifs is 1. The van der Waals surface area contributed by atoms with Gasteiger partial charge in [0, 0.05) is 11.9 Å². The molecule has 2 rings (SSSR count). The molecule has 1 unspecified atom stereocenters. The lowest BCUT2D eigenvalue weighted by Gasteiger charge is -2.20. The van der Waals surface area contributed by atoms with Gasteiger partial charge in [-0.15, -0.1) is 0 Å². The summed E-state index contributed by atoms with van der Waals surface area (Å²) in [7, 11) is 0. The van der Waals surface area contributed by atoms with E-state index >= 15 is 0 Å². The van der Waals surface area contributed by atoms with Gasteiger partial charge in [-0.25, -0.2) is 9.78 Å². The van der Waals surface area contributed by atoms with Gasteiger partial charge >= 0.3 is 5.69 Å². The Bertz CT molecular complexity index is 343. The molecular formula is C9H12N2O. The number of aromatic nitrogens is 2. The predicted octanol–water partition coefficient (Wildman–Crippen LogP) is 1.21. The minimum atomic E-state index is -0.220. The minimum absolute atomic E-state index is 0.220. The van der Waals surface area contributed by atoms with Gasteiger partial charge < -0.3 is 4.98 Å². The zero-order valence-corrected chi connectivity index (χ0v) is 7.13. The van der Waals surface area contributed by atoms with Crippen molar-refractivity contribution in [2.75, 3.05) is 0 Å². The summed E-state index contributed by atoms with van der Waals surface area (Å²) in [6.45, 7) is 2.15. The van der Waals surface area contributed by atoms with Crippen LogP contribution in [0.15, 0.2) is 11.0 Å². The molecule has 0 bridgehead atoms. The van der Waals surface area contributed by atoms with Crippen LogP contribution in [0.2, 0.25) is 0 Å². The van der Waals surface area contributed by atoms with Crippen LogP contribution < -0.4 is 5.69 Å². The van der Waals surface area contributed by atoms with Gasteiger partial charge in [0.05, 0.1) is 0 Å². The summed E-state index contributed by atoms with van der Waals surface area (Å²) in [6, 6.07) is 0. The van der Waals surface area contributed by atoms with E-state index in [9.17, 15) is 4.79 Å². The van der Waals surface area contributed by atoms with Crippen LogP contribution in [0.4, 0.5) is 0 Å². The third-order valence-corrected chi connectivity index (χ3v) is 2.50. The molecule has 1 heterocycles. The number of H-pyrrole nitrogens is 1. The molecule has 0 amide bonds. The second kappa shape index (κ2) is 2.73. The van der Waals surface area contributed by atoms with Crippen molar-refractivity contribution in [3.63, 3.8) is 0 Å². The van der Waals surface area contributed by atoms with Crippen LogP contribution in [0.25, 0.3) is 0 Å². The second-order valence-corrected chi connectivity index (χ2v) is 3.42. The molecule has 1 aliphatic carbocycles. The molecule has 64 valence electrons. The molecule has 12 heavy (non-hydrogen) atoms. The van der Waals surface area contributed by atoms with E-state index in [1.54, 1.807) is 6.20 Å². The molecular weight excluding hydrogens is 152 g/mol. The van der Waals surface area contributed by atoms with E-state index in [4.69, 9.17) is 0 Å². The molecule has 0 spiro atoms. The van der Waals surface area contributed by atoms with Crippen LogP contribution >= 0.6 is 0 Å². The van der Waals surface area contributed by atoms with Crippen molar-refractivity contribution in [1.29, 1.82) is 0 Å². The van der Waals surface area contributed by atoms with E-state index in [-0.39, 0.29) is 5.69 Å². The molecule has 0 radical (unpaired) electrons. The van der Waals surface area contributed by atoms with Crippen LogP contribution in [0, 0.1) is 0 Å². The van der Waals surface area contributed by atoms with Gasteiger partial charge in [-0.2, -0.15) is 0 Å². The molecule has 1 aromatic heterocycles. The molecule has 0 fully saturated rings. The van der Waals surface area contributed by atoms with Gasteiger partial charge in [0.1, 0.15) is 0 Å². The van der Waals surface area contributed by atoms with Crippen molar-refractivity contribution in [2.45, 2.75) is 32.1 Å². The summed E-state index contributed by atoms with van der Waals surface area (Å²) in [5.41, 5.74) is 2.09. The fourth-order valence-electron chi connectivity index (χ4n) is 1.82. The fourth-order valence-corrected chi connectivity index (χ4v) is 1.82. The Morgan fingerprint density at radius 3 is 3.33 bits per heavy atom. The lowest BCUT2D eigenvalue weighted by molar-refractivity contribution is 0.567. The highest BCUT2D eigenvalue weighted by Crippen LogP contribution is 2.27. The molecule has 1 atom stereocenters. The summed E-state index contributed by atoms with van der Waals surface area (Å²) in [5.74, 6) is 0.490. The Hall–Kier alpha value is -1.12. The number of aromatic amines is 1. The largest absolute Gasteiger partial charge is 0.345 e. The Balaban J connectivity index is 2.54.